The molecule has 0 aromatic carbocycles. The maximum absolute atomic E-state index is 11.2. The lowest BCUT2D eigenvalue weighted by Gasteiger charge is -2.08. The van der Waals surface area contributed by atoms with Crippen LogP contribution >= 0.6 is 11.3 Å². The highest BCUT2D eigenvalue weighted by Crippen LogP contribution is 2.11. The molecule has 1 aliphatic rings. The van der Waals surface area contributed by atoms with Crippen LogP contribution in [-0.4, -0.2) is 37.5 Å². The Morgan fingerprint density at radius 2 is 2.47 bits per heavy atom. The monoisotopic (exact) mass is 246 g/mol. The third-order valence-corrected chi connectivity index (χ3v) is 5.10. The number of rotatable bonds is 4. The van der Waals surface area contributed by atoms with E-state index < -0.39 is 9.84 Å². The van der Waals surface area contributed by atoms with Gasteiger partial charge in [0.05, 0.1) is 16.5 Å². The number of hydrogen-bond acceptors (Lipinski definition) is 5. The second-order valence-corrected chi connectivity index (χ2v) is 6.94. The zero-order valence-electron chi connectivity index (χ0n) is 8.35. The Balaban J connectivity index is 1.71. The van der Waals surface area contributed by atoms with Crippen molar-refractivity contribution in [2.24, 2.45) is 0 Å². The molecule has 1 N–H and O–H groups in total. The van der Waals surface area contributed by atoms with Crippen LogP contribution in [0.4, 0.5) is 0 Å². The molecule has 0 saturated carbocycles. The molecule has 2 heterocycles. The van der Waals surface area contributed by atoms with Crippen molar-refractivity contribution in [1.29, 1.82) is 0 Å². The molecule has 4 nitrogen and oxygen atoms in total. The van der Waals surface area contributed by atoms with Gasteiger partial charge in [-0.25, -0.2) is 13.4 Å². The first kappa shape index (κ1) is 11.0. The summed E-state index contributed by atoms with van der Waals surface area (Å²) in [6.45, 7) is 0.813. The minimum atomic E-state index is -2.76. The molecule has 15 heavy (non-hydrogen) atoms. The summed E-state index contributed by atoms with van der Waals surface area (Å²) in [6.07, 6.45) is 3.43. The minimum Gasteiger partial charge on any atom is -0.313 e. The van der Waals surface area contributed by atoms with Crippen molar-refractivity contribution in [1.82, 2.24) is 10.3 Å². The fraction of sp³-hybridized carbons (Fsp3) is 0.667. The Morgan fingerprint density at radius 1 is 1.60 bits per heavy atom. The van der Waals surface area contributed by atoms with Gasteiger partial charge >= 0.3 is 0 Å². The average molecular weight is 246 g/mol. The SMILES string of the molecule is O=S1(=O)CCC(NCCc2nccs2)C1. The summed E-state index contributed by atoms with van der Waals surface area (Å²) in [4.78, 5) is 4.17. The second kappa shape index (κ2) is 4.59. The standard InChI is InChI=1S/C9H14N2O2S2/c12-15(13)6-2-8(7-15)10-3-1-9-11-4-5-14-9/h4-5,8,10H,1-3,6-7H2. The molecule has 1 fully saturated rings. The first-order chi connectivity index (χ1) is 7.16. The lowest BCUT2D eigenvalue weighted by molar-refractivity contribution is 0.556. The molecule has 84 valence electrons. The smallest absolute Gasteiger partial charge is 0.151 e. The minimum absolute atomic E-state index is 0.148. The van der Waals surface area contributed by atoms with Gasteiger partial charge in [0.25, 0.3) is 0 Å². The van der Waals surface area contributed by atoms with Gasteiger partial charge in [-0.1, -0.05) is 0 Å². The Labute approximate surface area is 93.7 Å². The summed E-state index contributed by atoms with van der Waals surface area (Å²) >= 11 is 1.64. The van der Waals surface area contributed by atoms with E-state index >= 15 is 0 Å². The molecule has 0 bridgehead atoms. The summed E-state index contributed by atoms with van der Waals surface area (Å²) in [7, 11) is -2.76. The van der Waals surface area contributed by atoms with Crippen LogP contribution in [-0.2, 0) is 16.3 Å². The number of sulfone groups is 1. The molecule has 2 rings (SSSR count). The maximum atomic E-state index is 11.2. The van der Waals surface area contributed by atoms with Crippen LogP contribution in [0.3, 0.4) is 0 Å². The van der Waals surface area contributed by atoms with Crippen molar-refractivity contribution in [3.63, 3.8) is 0 Å². The van der Waals surface area contributed by atoms with E-state index in [-0.39, 0.29) is 6.04 Å². The highest BCUT2D eigenvalue weighted by Gasteiger charge is 2.26. The van der Waals surface area contributed by atoms with Crippen LogP contribution in [0.2, 0.25) is 0 Å². The predicted molar refractivity (Wildman–Crippen MR) is 60.9 cm³/mol. The molecule has 0 radical (unpaired) electrons. The fourth-order valence-corrected chi connectivity index (χ4v) is 4.04. The van der Waals surface area contributed by atoms with E-state index in [2.05, 4.69) is 10.3 Å². The van der Waals surface area contributed by atoms with E-state index in [1.54, 1.807) is 17.5 Å². The maximum Gasteiger partial charge on any atom is 0.151 e. The van der Waals surface area contributed by atoms with E-state index in [0.29, 0.717) is 11.5 Å². The van der Waals surface area contributed by atoms with Gasteiger partial charge in [-0.2, -0.15) is 0 Å². The van der Waals surface area contributed by atoms with E-state index in [9.17, 15) is 8.42 Å². The quantitative estimate of drug-likeness (QED) is 0.838. The molecule has 1 atom stereocenters. The van der Waals surface area contributed by atoms with Crippen LogP contribution < -0.4 is 5.32 Å². The summed E-state index contributed by atoms with van der Waals surface area (Å²) in [6, 6.07) is 0.148. The average Bonchev–Trinajstić information content (AvgIpc) is 2.76. The molecule has 1 aliphatic heterocycles. The Bertz CT molecular complexity index is 400. The number of thiazole rings is 1. The first-order valence-electron chi connectivity index (χ1n) is 4.98. The number of aromatic nitrogens is 1. The molecule has 1 unspecified atom stereocenters. The van der Waals surface area contributed by atoms with Crippen molar-refractivity contribution >= 4 is 21.2 Å². The Morgan fingerprint density at radius 3 is 3.07 bits per heavy atom. The summed E-state index contributed by atoms with van der Waals surface area (Å²) in [5, 5.41) is 6.32. The van der Waals surface area contributed by atoms with Crippen molar-refractivity contribution in [3.05, 3.63) is 16.6 Å². The number of nitrogens with zero attached hydrogens (tertiary/aromatic N) is 1. The molecule has 6 heteroatoms. The largest absolute Gasteiger partial charge is 0.313 e. The van der Waals surface area contributed by atoms with Gasteiger partial charge in [0.15, 0.2) is 9.84 Å². The van der Waals surface area contributed by atoms with Gasteiger partial charge in [0.1, 0.15) is 0 Å². The van der Waals surface area contributed by atoms with Gasteiger partial charge in [-0.3, -0.25) is 0 Å². The zero-order chi connectivity index (χ0) is 10.7. The van der Waals surface area contributed by atoms with Gasteiger partial charge in [-0.05, 0) is 6.42 Å². The third kappa shape index (κ3) is 3.25. The molecule has 0 aliphatic carbocycles. The molecule has 0 spiro atoms. The fourth-order valence-electron chi connectivity index (χ4n) is 1.72. The zero-order valence-corrected chi connectivity index (χ0v) is 9.98. The van der Waals surface area contributed by atoms with Gasteiger partial charge < -0.3 is 5.32 Å². The van der Waals surface area contributed by atoms with Crippen molar-refractivity contribution < 1.29 is 8.42 Å². The van der Waals surface area contributed by atoms with Crippen LogP contribution in [0.5, 0.6) is 0 Å². The van der Waals surface area contributed by atoms with E-state index in [1.165, 1.54) is 0 Å². The predicted octanol–water partition coefficient (Wildman–Crippen LogP) is 0.462. The van der Waals surface area contributed by atoms with Crippen LogP contribution in [0, 0.1) is 0 Å². The number of hydrogen-bond donors (Lipinski definition) is 1. The van der Waals surface area contributed by atoms with Crippen molar-refractivity contribution in [2.45, 2.75) is 18.9 Å². The summed E-state index contributed by atoms with van der Waals surface area (Å²) < 4.78 is 22.4. The van der Waals surface area contributed by atoms with E-state index in [0.717, 1.165) is 24.4 Å². The number of nitrogens with one attached hydrogen (secondary N) is 1. The first-order valence-corrected chi connectivity index (χ1v) is 7.68. The molecular formula is C9H14N2O2S2. The molecule has 1 saturated heterocycles. The van der Waals surface area contributed by atoms with Crippen molar-refractivity contribution in [2.75, 3.05) is 18.1 Å². The van der Waals surface area contributed by atoms with Crippen LogP contribution in [0.25, 0.3) is 0 Å². The topological polar surface area (TPSA) is 59.1 Å². The lowest BCUT2D eigenvalue weighted by Crippen LogP contribution is -2.31. The second-order valence-electron chi connectivity index (χ2n) is 3.73. The molecule has 1 aromatic rings. The molecular weight excluding hydrogens is 232 g/mol. The highest BCUT2D eigenvalue weighted by molar-refractivity contribution is 7.91. The van der Waals surface area contributed by atoms with Crippen LogP contribution in [0.15, 0.2) is 11.6 Å². The Hall–Kier alpha value is -0.460. The molecule has 0 amide bonds. The van der Waals surface area contributed by atoms with Crippen molar-refractivity contribution in [3.8, 4) is 0 Å². The van der Waals surface area contributed by atoms with Gasteiger partial charge in [0.2, 0.25) is 0 Å². The highest BCUT2D eigenvalue weighted by atomic mass is 32.2. The van der Waals surface area contributed by atoms with E-state index in [4.69, 9.17) is 0 Å². The third-order valence-electron chi connectivity index (χ3n) is 2.49. The summed E-state index contributed by atoms with van der Waals surface area (Å²) in [5.41, 5.74) is 0. The normalized spacial score (nSPS) is 24.4. The Kier molecular flexibility index (Phi) is 3.38. The lowest BCUT2D eigenvalue weighted by atomic mass is 10.2. The van der Waals surface area contributed by atoms with Crippen LogP contribution in [0.1, 0.15) is 11.4 Å². The van der Waals surface area contributed by atoms with Gasteiger partial charge in [0, 0.05) is 30.6 Å². The van der Waals surface area contributed by atoms with E-state index in [1.807, 2.05) is 5.38 Å². The van der Waals surface area contributed by atoms with Gasteiger partial charge in [-0.15, -0.1) is 11.3 Å². The molecule has 1 aromatic heterocycles. The summed E-state index contributed by atoms with van der Waals surface area (Å²) in [5.74, 6) is 0.632.